The Morgan fingerprint density at radius 1 is 0.619 bits per heavy atom. The minimum absolute atomic E-state index is 0.881. The van der Waals surface area contributed by atoms with Crippen molar-refractivity contribution in [3.05, 3.63) is 72.8 Å². The fraction of sp³-hybridized carbons (Fsp3) is 0. The number of rotatable bonds is 2. The van der Waals surface area contributed by atoms with Crippen LogP contribution in [-0.4, -0.2) is 15.4 Å². The quantitative estimate of drug-likeness (QED) is 0.591. The number of H-pyrrole nitrogens is 1. The lowest BCUT2D eigenvalue weighted by molar-refractivity contribution is 0.944. The molecule has 0 aliphatic heterocycles. The Balaban J connectivity index is 1.97. The van der Waals surface area contributed by atoms with Gasteiger partial charge in [0.2, 0.25) is 0 Å². The van der Waals surface area contributed by atoms with Gasteiger partial charge in [0.1, 0.15) is 11.4 Å². The predicted molar refractivity (Wildman–Crippen MR) is 84.8 cm³/mol. The van der Waals surface area contributed by atoms with Gasteiger partial charge >= 0.3 is 0 Å². The first-order valence-electron chi connectivity index (χ1n) is 6.88. The molecule has 0 radical (unpaired) electrons. The van der Waals surface area contributed by atoms with Crippen LogP contribution in [0.2, 0.25) is 0 Å². The maximum Gasteiger partial charge on any atom is 0.121 e. The van der Waals surface area contributed by atoms with E-state index in [1.807, 2.05) is 42.5 Å². The molecule has 1 heterocycles. The molecular formula is C18H13N3. The van der Waals surface area contributed by atoms with Crippen LogP contribution in [0.1, 0.15) is 0 Å². The van der Waals surface area contributed by atoms with E-state index in [-0.39, 0.29) is 0 Å². The second-order valence-corrected chi connectivity index (χ2v) is 4.91. The lowest BCUT2D eigenvalue weighted by Crippen LogP contribution is -1.85. The molecule has 0 saturated carbocycles. The molecule has 0 fully saturated rings. The van der Waals surface area contributed by atoms with Crippen LogP contribution in [0, 0.1) is 0 Å². The summed E-state index contributed by atoms with van der Waals surface area (Å²) < 4.78 is 0. The van der Waals surface area contributed by atoms with Gasteiger partial charge in [0.25, 0.3) is 0 Å². The summed E-state index contributed by atoms with van der Waals surface area (Å²) in [5.74, 6) is 0. The van der Waals surface area contributed by atoms with Crippen molar-refractivity contribution in [1.82, 2.24) is 15.4 Å². The zero-order valence-electron chi connectivity index (χ0n) is 11.3. The molecule has 1 aromatic heterocycles. The molecule has 1 N–H and O–H groups in total. The molecule has 0 bridgehead atoms. The van der Waals surface area contributed by atoms with Crippen LogP contribution in [0.5, 0.6) is 0 Å². The van der Waals surface area contributed by atoms with Crippen LogP contribution >= 0.6 is 0 Å². The van der Waals surface area contributed by atoms with Gasteiger partial charge in [-0.1, -0.05) is 72.8 Å². The molecule has 0 unspecified atom stereocenters. The van der Waals surface area contributed by atoms with E-state index in [4.69, 9.17) is 0 Å². The average Bonchev–Trinajstić information content (AvgIpc) is 3.04. The third-order valence-corrected chi connectivity index (χ3v) is 3.64. The van der Waals surface area contributed by atoms with Crippen LogP contribution in [0.25, 0.3) is 33.3 Å². The van der Waals surface area contributed by atoms with Gasteiger partial charge in [-0.15, -0.1) is 0 Å². The zero-order chi connectivity index (χ0) is 14.1. The maximum atomic E-state index is 4.38. The third kappa shape index (κ3) is 1.99. The molecule has 0 amide bonds. The SMILES string of the molecule is c1ccc(-c2n[nH]nc2-c2cccc3ccccc23)cc1. The minimum Gasteiger partial charge on any atom is -0.197 e. The van der Waals surface area contributed by atoms with Gasteiger partial charge in [-0.3, -0.25) is 0 Å². The summed E-state index contributed by atoms with van der Waals surface area (Å²) in [5.41, 5.74) is 3.93. The predicted octanol–water partition coefficient (Wildman–Crippen LogP) is 4.29. The summed E-state index contributed by atoms with van der Waals surface area (Å²) in [7, 11) is 0. The number of hydrogen-bond acceptors (Lipinski definition) is 2. The fourth-order valence-corrected chi connectivity index (χ4v) is 2.65. The van der Waals surface area contributed by atoms with E-state index < -0.39 is 0 Å². The van der Waals surface area contributed by atoms with Crippen molar-refractivity contribution in [2.24, 2.45) is 0 Å². The number of hydrogen-bond donors (Lipinski definition) is 1. The molecule has 0 aliphatic rings. The fourth-order valence-electron chi connectivity index (χ4n) is 2.65. The van der Waals surface area contributed by atoms with Gasteiger partial charge in [-0.05, 0) is 10.8 Å². The van der Waals surface area contributed by atoms with E-state index in [2.05, 4.69) is 45.7 Å². The Hall–Kier alpha value is -2.94. The molecule has 0 saturated heterocycles. The van der Waals surface area contributed by atoms with E-state index in [1.165, 1.54) is 10.8 Å². The zero-order valence-corrected chi connectivity index (χ0v) is 11.3. The smallest absolute Gasteiger partial charge is 0.121 e. The number of nitrogens with zero attached hydrogens (tertiary/aromatic N) is 2. The van der Waals surface area contributed by atoms with Gasteiger partial charge in [0.05, 0.1) is 0 Å². The highest BCUT2D eigenvalue weighted by atomic mass is 15.3. The van der Waals surface area contributed by atoms with E-state index >= 15 is 0 Å². The molecule has 100 valence electrons. The molecule has 0 aliphatic carbocycles. The van der Waals surface area contributed by atoms with E-state index in [1.54, 1.807) is 0 Å². The van der Waals surface area contributed by atoms with Crippen molar-refractivity contribution in [1.29, 1.82) is 0 Å². The lowest BCUT2D eigenvalue weighted by atomic mass is 9.99. The summed E-state index contributed by atoms with van der Waals surface area (Å²) in [6, 6.07) is 24.7. The van der Waals surface area contributed by atoms with Crippen molar-refractivity contribution in [3.8, 4) is 22.5 Å². The van der Waals surface area contributed by atoms with E-state index in [0.29, 0.717) is 0 Å². The van der Waals surface area contributed by atoms with Gasteiger partial charge in [0, 0.05) is 11.1 Å². The standard InChI is InChI=1S/C18H13N3/c1-2-8-14(9-3-1)17-18(20-21-19-17)16-12-6-10-13-7-4-5-11-15(13)16/h1-12H,(H,19,20,21). The molecule has 4 aromatic rings. The summed E-state index contributed by atoms with van der Waals surface area (Å²) >= 11 is 0. The van der Waals surface area contributed by atoms with Crippen molar-refractivity contribution >= 4 is 10.8 Å². The summed E-state index contributed by atoms with van der Waals surface area (Å²) in [4.78, 5) is 0. The highest BCUT2D eigenvalue weighted by Crippen LogP contribution is 2.32. The first-order chi connectivity index (χ1) is 10.4. The highest BCUT2D eigenvalue weighted by Gasteiger charge is 2.14. The maximum absolute atomic E-state index is 4.38. The van der Waals surface area contributed by atoms with Crippen LogP contribution in [0.15, 0.2) is 72.8 Å². The molecule has 21 heavy (non-hydrogen) atoms. The molecule has 3 aromatic carbocycles. The van der Waals surface area contributed by atoms with E-state index in [9.17, 15) is 0 Å². The average molecular weight is 271 g/mol. The molecule has 3 nitrogen and oxygen atoms in total. The Morgan fingerprint density at radius 2 is 1.33 bits per heavy atom. The van der Waals surface area contributed by atoms with Crippen LogP contribution < -0.4 is 0 Å². The largest absolute Gasteiger partial charge is 0.197 e. The molecule has 0 spiro atoms. The summed E-state index contributed by atoms with van der Waals surface area (Å²) in [6.07, 6.45) is 0. The van der Waals surface area contributed by atoms with E-state index in [0.717, 1.165) is 22.5 Å². The first-order valence-corrected chi connectivity index (χ1v) is 6.88. The Morgan fingerprint density at radius 3 is 2.24 bits per heavy atom. The monoisotopic (exact) mass is 271 g/mol. The van der Waals surface area contributed by atoms with Crippen LogP contribution in [0.3, 0.4) is 0 Å². The Kier molecular flexibility index (Phi) is 2.75. The molecule has 4 rings (SSSR count). The number of fused-ring (bicyclic) bond motifs is 1. The van der Waals surface area contributed by atoms with Crippen molar-refractivity contribution < 1.29 is 0 Å². The van der Waals surface area contributed by atoms with Crippen LogP contribution in [0.4, 0.5) is 0 Å². The second kappa shape index (κ2) is 4.87. The number of aromatic amines is 1. The normalized spacial score (nSPS) is 10.9. The van der Waals surface area contributed by atoms with Crippen molar-refractivity contribution in [3.63, 3.8) is 0 Å². The number of nitrogens with one attached hydrogen (secondary N) is 1. The molecular weight excluding hydrogens is 258 g/mol. The Labute approximate surface area is 122 Å². The van der Waals surface area contributed by atoms with Crippen molar-refractivity contribution in [2.75, 3.05) is 0 Å². The first kappa shape index (κ1) is 11.9. The topological polar surface area (TPSA) is 41.6 Å². The Bertz CT molecular complexity index is 889. The van der Waals surface area contributed by atoms with Crippen molar-refractivity contribution in [2.45, 2.75) is 0 Å². The summed E-state index contributed by atoms with van der Waals surface area (Å²) in [6.45, 7) is 0. The van der Waals surface area contributed by atoms with Gasteiger partial charge in [-0.2, -0.15) is 15.4 Å². The molecule has 3 heteroatoms. The number of aromatic nitrogens is 3. The van der Waals surface area contributed by atoms with Gasteiger partial charge in [0.15, 0.2) is 0 Å². The number of benzene rings is 3. The molecule has 0 atom stereocenters. The highest BCUT2D eigenvalue weighted by molar-refractivity contribution is 5.98. The van der Waals surface area contributed by atoms with Gasteiger partial charge in [-0.25, -0.2) is 0 Å². The van der Waals surface area contributed by atoms with Gasteiger partial charge < -0.3 is 0 Å². The summed E-state index contributed by atoms with van der Waals surface area (Å²) in [5, 5.41) is 13.9. The third-order valence-electron chi connectivity index (χ3n) is 3.64. The lowest BCUT2D eigenvalue weighted by Gasteiger charge is -2.05. The van der Waals surface area contributed by atoms with Crippen LogP contribution in [-0.2, 0) is 0 Å². The minimum atomic E-state index is 0.881. The second-order valence-electron chi connectivity index (χ2n) is 4.91.